The number of carbonyl (C=O) groups is 2. The van der Waals surface area contributed by atoms with Gasteiger partial charge in [-0.05, 0) is 63.3 Å². The second kappa shape index (κ2) is 7.76. The minimum absolute atomic E-state index is 0.205. The molecule has 0 aromatic heterocycles. The van der Waals surface area contributed by atoms with E-state index in [1.807, 2.05) is 26.8 Å². The number of esters is 1. The van der Waals surface area contributed by atoms with Crippen molar-refractivity contribution in [2.24, 2.45) is 0 Å². The number of rotatable bonds is 3. The van der Waals surface area contributed by atoms with Gasteiger partial charge in [-0.15, -0.1) is 0 Å². The maximum absolute atomic E-state index is 12.7. The topological polar surface area (TPSA) is 76.1 Å². The largest absolute Gasteiger partial charge is 0.508 e. The van der Waals surface area contributed by atoms with Crippen LogP contribution in [0.5, 0.6) is 5.75 Å². The summed E-state index contributed by atoms with van der Waals surface area (Å²) in [6, 6.07) is 4.89. The number of phenols is 1. The monoisotopic (exact) mass is 349 g/mol. The number of amides is 1. The molecule has 138 valence electrons. The van der Waals surface area contributed by atoms with Gasteiger partial charge in [0.25, 0.3) is 0 Å². The van der Waals surface area contributed by atoms with Crippen LogP contribution in [0.15, 0.2) is 18.2 Å². The second-order valence-electron chi connectivity index (χ2n) is 7.29. The summed E-state index contributed by atoms with van der Waals surface area (Å²) in [7, 11) is 1.35. The molecule has 1 amide bonds. The van der Waals surface area contributed by atoms with Gasteiger partial charge in [-0.2, -0.15) is 0 Å². The number of hydrogen-bond acceptors (Lipinski definition) is 5. The number of methoxy groups -OCH3 is 1. The van der Waals surface area contributed by atoms with Crippen LogP contribution in [-0.4, -0.2) is 41.3 Å². The lowest BCUT2D eigenvalue weighted by molar-refractivity contribution is -0.141. The first-order valence-corrected chi connectivity index (χ1v) is 8.59. The van der Waals surface area contributed by atoms with E-state index in [-0.39, 0.29) is 30.3 Å². The van der Waals surface area contributed by atoms with Gasteiger partial charge in [0, 0.05) is 13.0 Å². The zero-order chi connectivity index (χ0) is 18.6. The van der Waals surface area contributed by atoms with Crippen molar-refractivity contribution in [3.05, 3.63) is 29.3 Å². The van der Waals surface area contributed by atoms with Crippen molar-refractivity contribution in [1.82, 2.24) is 4.90 Å². The normalized spacial score (nSPS) is 17.4. The number of benzene rings is 1. The molecule has 0 spiro atoms. The molecule has 1 heterocycles. The number of hydrogen-bond donors (Lipinski definition) is 1. The SMILES string of the molecule is COC(=O)CCC1c2ccc(O)cc2CCCN1C(=O)OC(C)(C)C. The van der Waals surface area contributed by atoms with Crippen LogP contribution in [0.25, 0.3) is 0 Å². The minimum atomic E-state index is -0.589. The second-order valence-corrected chi connectivity index (χ2v) is 7.29. The molecule has 6 heteroatoms. The molecular formula is C19H27NO5. The summed E-state index contributed by atoms with van der Waals surface area (Å²) in [5.41, 5.74) is 1.36. The van der Waals surface area contributed by atoms with Crippen molar-refractivity contribution < 1.29 is 24.2 Å². The van der Waals surface area contributed by atoms with Gasteiger partial charge in [-0.1, -0.05) is 6.07 Å². The van der Waals surface area contributed by atoms with E-state index >= 15 is 0 Å². The van der Waals surface area contributed by atoms with E-state index < -0.39 is 5.60 Å². The molecule has 1 aromatic carbocycles. The number of nitrogens with zero attached hydrogens (tertiary/aromatic N) is 1. The molecule has 1 unspecified atom stereocenters. The summed E-state index contributed by atoms with van der Waals surface area (Å²) in [6.45, 7) is 6.03. The highest BCUT2D eigenvalue weighted by molar-refractivity contribution is 5.71. The Morgan fingerprint density at radius 1 is 1.32 bits per heavy atom. The Kier molecular flexibility index (Phi) is 5.93. The van der Waals surface area contributed by atoms with Crippen LogP contribution in [0.4, 0.5) is 4.79 Å². The van der Waals surface area contributed by atoms with Gasteiger partial charge in [0.1, 0.15) is 11.4 Å². The first-order chi connectivity index (χ1) is 11.7. The molecule has 0 saturated heterocycles. The highest BCUT2D eigenvalue weighted by Gasteiger charge is 2.32. The van der Waals surface area contributed by atoms with Gasteiger partial charge in [0.2, 0.25) is 0 Å². The van der Waals surface area contributed by atoms with Gasteiger partial charge in [-0.3, -0.25) is 4.79 Å². The molecule has 1 aromatic rings. The molecule has 1 aliphatic rings. The molecule has 2 rings (SSSR count). The number of aromatic hydroxyl groups is 1. The zero-order valence-electron chi connectivity index (χ0n) is 15.4. The maximum Gasteiger partial charge on any atom is 0.410 e. The van der Waals surface area contributed by atoms with Crippen LogP contribution >= 0.6 is 0 Å². The van der Waals surface area contributed by atoms with E-state index in [2.05, 4.69) is 0 Å². The Morgan fingerprint density at radius 3 is 2.68 bits per heavy atom. The summed E-state index contributed by atoms with van der Waals surface area (Å²) in [4.78, 5) is 26.0. The molecule has 0 fully saturated rings. The fraction of sp³-hybridized carbons (Fsp3) is 0.579. The Morgan fingerprint density at radius 2 is 2.04 bits per heavy atom. The van der Waals surface area contributed by atoms with E-state index in [9.17, 15) is 14.7 Å². The first kappa shape index (κ1) is 19.1. The highest BCUT2D eigenvalue weighted by Crippen LogP contribution is 2.35. The van der Waals surface area contributed by atoms with E-state index in [0.717, 1.165) is 24.0 Å². The Hall–Kier alpha value is -2.24. The predicted octanol–water partition coefficient (Wildman–Crippen LogP) is 3.57. The molecule has 1 aliphatic heterocycles. The molecule has 1 atom stereocenters. The number of fused-ring (bicyclic) bond motifs is 1. The average molecular weight is 349 g/mol. The third-order valence-corrected chi connectivity index (χ3v) is 4.18. The van der Waals surface area contributed by atoms with Crippen LogP contribution in [0, 0.1) is 0 Å². The average Bonchev–Trinajstić information content (AvgIpc) is 2.69. The third-order valence-electron chi connectivity index (χ3n) is 4.18. The first-order valence-electron chi connectivity index (χ1n) is 8.59. The van der Waals surface area contributed by atoms with E-state index in [1.165, 1.54) is 7.11 Å². The molecule has 1 N–H and O–H groups in total. The van der Waals surface area contributed by atoms with E-state index in [0.29, 0.717) is 13.0 Å². The van der Waals surface area contributed by atoms with Crippen LogP contribution in [-0.2, 0) is 20.7 Å². The summed E-state index contributed by atoms with van der Waals surface area (Å²) < 4.78 is 10.3. The van der Waals surface area contributed by atoms with Crippen molar-refractivity contribution >= 4 is 12.1 Å². The van der Waals surface area contributed by atoms with Gasteiger partial charge in [-0.25, -0.2) is 4.79 Å². The maximum atomic E-state index is 12.7. The van der Waals surface area contributed by atoms with Crippen molar-refractivity contribution in [2.75, 3.05) is 13.7 Å². The van der Waals surface area contributed by atoms with Gasteiger partial charge < -0.3 is 19.5 Å². The number of phenolic OH excluding ortho intramolecular Hbond substituents is 1. The Labute approximate surface area is 148 Å². The minimum Gasteiger partial charge on any atom is -0.508 e. The fourth-order valence-corrected chi connectivity index (χ4v) is 3.10. The van der Waals surface area contributed by atoms with Crippen molar-refractivity contribution in [3.8, 4) is 5.75 Å². The summed E-state index contributed by atoms with van der Waals surface area (Å²) in [5.74, 6) is -0.107. The molecule has 6 nitrogen and oxygen atoms in total. The van der Waals surface area contributed by atoms with Crippen LogP contribution in [0.1, 0.15) is 57.2 Å². The van der Waals surface area contributed by atoms with Gasteiger partial charge in [0.05, 0.1) is 13.2 Å². The lowest BCUT2D eigenvalue weighted by atomic mass is 9.95. The van der Waals surface area contributed by atoms with E-state index in [4.69, 9.17) is 9.47 Å². The van der Waals surface area contributed by atoms with Crippen molar-refractivity contribution in [3.63, 3.8) is 0 Å². The van der Waals surface area contributed by atoms with Gasteiger partial charge >= 0.3 is 12.1 Å². The quantitative estimate of drug-likeness (QED) is 0.844. The third kappa shape index (κ3) is 5.11. The lowest BCUT2D eigenvalue weighted by Crippen LogP contribution is -2.39. The number of carbonyl (C=O) groups excluding carboxylic acids is 2. The van der Waals surface area contributed by atoms with Crippen molar-refractivity contribution in [2.45, 2.75) is 58.1 Å². The molecule has 0 aliphatic carbocycles. The van der Waals surface area contributed by atoms with Crippen LogP contribution < -0.4 is 0 Å². The Bertz CT molecular complexity index is 635. The van der Waals surface area contributed by atoms with E-state index in [1.54, 1.807) is 17.0 Å². The highest BCUT2D eigenvalue weighted by atomic mass is 16.6. The molecule has 0 bridgehead atoms. The smallest absolute Gasteiger partial charge is 0.410 e. The van der Waals surface area contributed by atoms with Crippen LogP contribution in [0.3, 0.4) is 0 Å². The standard InChI is InChI=1S/C19H27NO5/c1-19(2,3)25-18(23)20-11-5-6-13-12-14(21)7-8-15(13)16(20)9-10-17(22)24-4/h7-8,12,16,21H,5-6,9-11H2,1-4H3. The Balaban J connectivity index is 2.33. The summed E-state index contributed by atoms with van der Waals surface area (Å²) in [6.07, 6.45) is 1.80. The lowest BCUT2D eigenvalue weighted by Gasteiger charge is -2.33. The van der Waals surface area contributed by atoms with Crippen molar-refractivity contribution in [1.29, 1.82) is 0 Å². The van der Waals surface area contributed by atoms with Crippen LogP contribution in [0.2, 0.25) is 0 Å². The number of aryl methyl sites for hydroxylation is 1. The van der Waals surface area contributed by atoms with Gasteiger partial charge in [0.15, 0.2) is 0 Å². The predicted molar refractivity (Wildman–Crippen MR) is 93.4 cm³/mol. The molecule has 0 radical (unpaired) electrons. The number of ether oxygens (including phenoxy) is 2. The fourth-order valence-electron chi connectivity index (χ4n) is 3.10. The summed E-state index contributed by atoms with van der Waals surface area (Å²) in [5, 5.41) is 9.77. The molecule has 25 heavy (non-hydrogen) atoms. The molecule has 0 saturated carbocycles. The molecular weight excluding hydrogens is 322 g/mol. The summed E-state index contributed by atoms with van der Waals surface area (Å²) >= 11 is 0. The zero-order valence-corrected chi connectivity index (χ0v) is 15.4.